The molecule has 3 nitrogen and oxygen atoms in total. The van der Waals surface area contributed by atoms with Crippen LogP contribution in [0.25, 0.3) is 20.5 Å². The van der Waals surface area contributed by atoms with Gasteiger partial charge < -0.3 is 4.74 Å². The number of benzene rings is 1. The third-order valence-electron chi connectivity index (χ3n) is 2.67. The molecule has 0 aliphatic heterocycles. The maximum Gasteiger partial charge on any atom is 0.358 e. The van der Waals surface area contributed by atoms with Gasteiger partial charge in [0.05, 0.1) is 17.5 Å². The van der Waals surface area contributed by atoms with E-state index in [1.54, 1.807) is 16.8 Å². The van der Waals surface area contributed by atoms with E-state index in [4.69, 9.17) is 4.74 Å². The molecule has 90 valence electrons. The standard InChI is InChI=1S/C13H9NO2S2/c1-16-13(15)11-12(18-7-14-11)9-6-17-10-5-3-2-4-8(9)10/h2-7H,1H3. The number of carbonyl (C=O) groups excluding carboxylic acids is 1. The summed E-state index contributed by atoms with van der Waals surface area (Å²) in [5.41, 5.74) is 3.12. The molecule has 2 aromatic heterocycles. The number of fused-ring (bicyclic) bond motifs is 1. The van der Waals surface area contributed by atoms with Gasteiger partial charge in [-0.3, -0.25) is 0 Å². The average Bonchev–Trinajstić information content (AvgIpc) is 3.03. The summed E-state index contributed by atoms with van der Waals surface area (Å²) in [7, 11) is 1.37. The molecule has 18 heavy (non-hydrogen) atoms. The first-order valence-corrected chi connectivity index (χ1v) is 7.05. The molecule has 0 unspecified atom stereocenters. The second kappa shape index (κ2) is 4.51. The first-order valence-electron chi connectivity index (χ1n) is 5.29. The van der Waals surface area contributed by atoms with Gasteiger partial charge in [-0.05, 0) is 6.07 Å². The predicted molar refractivity (Wildman–Crippen MR) is 74.3 cm³/mol. The van der Waals surface area contributed by atoms with Gasteiger partial charge in [-0.2, -0.15) is 0 Å². The number of rotatable bonds is 2. The van der Waals surface area contributed by atoms with Crippen molar-refractivity contribution in [3.05, 3.63) is 40.8 Å². The van der Waals surface area contributed by atoms with Gasteiger partial charge in [0.2, 0.25) is 0 Å². The number of aromatic nitrogens is 1. The summed E-state index contributed by atoms with van der Waals surface area (Å²) in [4.78, 5) is 16.6. The number of ether oxygens (including phenoxy) is 1. The first-order chi connectivity index (χ1) is 8.81. The van der Waals surface area contributed by atoms with Gasteiger partial charge in [0.1, 0.15) is 0 Å². The van der Waals surface area contributed by atoms with Crippen molar-refractivity contribution in [2.75, 3.05) is 7.11 Å². The smallest absolute Gasteiger partial charge is 0.358 e. The second-order valence-corrected chi connectivity index (χ2v) is 5.43. The van der Waals surface area contributed by atoms with Crippen molar-refractivity contribution in [3.8, 4) is 10.4 Å². The van der Waals surface area contributed by atoms with Crippen molar-refractivity contribution in [1.29, 1.82) is 0 Å². The van der Waals surface area contributed by atoms with Gasteiger partial charge in [0.15, 0.2) is 5.69 Å². The number of thiazole rings is 1. The Kier molecular flexibility index (Phi) is 2.85. The molecule has 0 N–H and O–H groups in total. The Labute approximate surface area is 112 Å². The highest BCUT2D eigenvalue weighted by atomic mass is 32.1. The highest BCUT2D eigenvalue weighted by Crippen LogP contribution is 2.37. The lowest BCUT2D eigenvalue weighted by molar-refractivity contribution is 0.0596. The lowest BCUT2D eigenvalue weighted by atomic mass is 10.1. The minimum Gasteiger partial charge on any atom is -0.464 e. The third kappa shape index (κ3) is 1.72. The van der Waals surface area contributed by atoms with Crippen molar-refractivity contribution >= 4 is 38.7 Å². The number of thiophene rings is 1. The number of carbonyl (C=O) groups is 1. The predicted octanol–water partition coefficient (Wildman–Crippen LogP) is 3.81. The lowest BCUT2D eigenvalue weighted by Gasteiger charge is -1.99. The number of hydrogen-bond donors (Lipinski definition) is 0. The first kappa shape index (κ1) is 11.4. The van der Waals surface area contributed by atoms with Crippen LogP contribution in [0.5, 0.6) is 0 Å². The third-order valence-corrected chi connectivity index (χ3v) is 4.50. The molecular formula is C13H9NO2S2. The summed E-state index contributed by atoms with van der Waals surface area (Å²) in [6.07, 6.45) is 0. The van der Waals surface area contributed by atoms with Crippen LogP contribution in [0.3, 0.4) is 0 Å². The van der Waals surface area contributed by atoms with Gasteiger partial charge in [-0.1, -0.05) is 18.2 Å². The summed E-state index contributed by atoms with van der Waals surface area (Å²) >= 11 is 3.13. The van der Waals surface area contributed by atoms with E-state index in [2.05, 4.69) is 22.5 Å². The molecule has 0 aliphatic rings. The van der Waals surface area contributed by atoms with Crippen LogP contribution in [0.4, 0.5) is 0 Å². The Hall–Kier alpha value is -1.72. The molecular weight excluding hydrogens is 266 g/mol. The second-order valence-electron chi connectivity index (χ2n) is 3.67. The molecule has 0 bridgehead atoms. The number of nitrogens with zero attached hydrogens (tertiary/aromatic N) is 1. The molecule has 0 saturated heterocycles. The average molecular weight is 275 g/mol. The molecule has 2 heterocycles. The normalized spacial score (nSPS) is 10.7. The molecule has 0 radical (unpaired) electrons. The van der Waals surface area contributed by atoms with E-state index in [-0.39, 0.29) is 5.97 Å². The molecule has 0 atom stereocenters. The number of esters is 1. The van der Waals surface area contributed by atoms with Gasteiger partial charge in [-0.15, -0.1) is 22.7 Å². The minimum atomic E-state index is -0.387. The van der Waals surface area contributed by atoms with Gasteiger partial charge in [0, 0.05) is 21.0 Å². The fraction of sp³-hybridized carbons (Fsp3) is 0.0769. The summed E-state index contributed by atoms with van der Waals surface area (Å²) in [6.45, 7) is 0. The van der Waals surface area contributed by atoms with Crippen molar-refractivity contribution < 1.29 is 9.53 Å². The van der Waals surface area contributed by atoms with Crippen molar-refractivity contribution in [2.24, 2.45) is 0 Å². The SMILES string of the molecule is COC(=O)c1ncsc1-c1csc2ccccc12. The van der Waals surface area contributed by atoms with Gasteiger partial charge in [0.25, 0.3) is 0 Å². The van der Waals surface area contributed by atoms with Crippen LogP contribution in [0, 0.1) is 0 Å². The number of hydrogen-bond acceptors (Lipinski definition) is 5. The zero-order valence-electron chi connectivity index (χ0n) is 9.54. The van der Waals surface area contributed by atoms with E-state index in [0.29, 0.717) is 5.69 Å². The van der Waals surface area contributed by atoms with Crippen molar-refractivity contribution in [3.63, 3.8) is 0 Å². The van der Waals surface area contributed by atoms with Crippen molar-refractivity contribution in [2.45, 2.75) is 0 Å². The summed E-state index contributed by atoms with van der Waals surface area (Å²) in [6, 6.07) is 8.14. The highest BCUT2D eigenvalue weighted by molar-refractivity contribution is 7.19. The maximum absolute atomic E-state index is 11.7. The summed E-state index contributed by atoms with van der Waals surface area (Å²) < 4.78 is 5.96. The fourth-order valence-corrected chi connectivity index (χ4v) is 3.67. The van der Waals surface area contributed by atoms with Gasteiger partial charge >= 0.3 is 5.97 Å². The quantitative estimate of drug-likeness (QED) is 0.668. The van der Waals surface area contributed by atoms with E-state index in [1.165, 1.54) is 23.1 Å². The zero-order chi connectivity index (χ0) is 12.5. The summed E-state index contributed by atoms with van der Waals surface area (Å²) in [5.74, 6) is -0.387. The minimum absolute atomic E-state index is 0.387. The van der Waals surface area contributed by atoms with E-state index in [9.17, 15) is 4.79 Å². The van der Waals surface area contributed by atoms with Crippen LogP contribution in [0.1, 0.15) is 10.5 Å². The lowest BCUT2D eigenvalue weighted by Crippen LogP contribution is -2.02. The Bertz CT molecular complexity index is 714. The molecule has 0 saturated carbocycles. The van der Waals surface area contributed by atoms with Crippen LogP contribution in [-0.4, -0.2) is 18.1 Å². The Balaban J connectivity index is 2.21. The molecule has 1 aromatic carbocycles. The zero-order valence-corrected chi connectivity index (χ0v) is 11.2. The Morgan fingerprint density at radius 3 is 2.94 bits per heavy atom. The fourth-order valence-electron chi connectivity index (χ4n) is 1.83. The van der Waals surface area contributed by atoms with Crippen LogP contribution >= 0.6 is 22.7 Å². The molecule has 5 heteroatoms. The molecule has 3 rings (SSSR count). The van der Waals surface area contributed by atoms with Crippen molar-refractivity contribution in [1.82, 2.24) is 4.98 Å². The van der Waals surface area contributed by atoms with Crippen LogP contribution in [-0.2, 0) is 4.74 Å². The van der Waals surface area contributed by atoms with Crippen LogP contribution in [0.2, 0.25) is 0 Å². The topological polar surface area (TPSA) is 39.2 Å². The Morgan fingerprint density at radius 2 is 2.11 bits per heavy atom. The largest absolute Gasteiger partial charge is 0.464 e. The molecule has 3 aromatic rings. The molecule has 0 spiro atoms. The maximum atomic E-state index is 11.7. The molecule has 0 fully saturated rings. The van der Waals surface area contributed by atoms with Gasteiger partial charge in [-0.25, -0.2) is 9.78 Å². The molecule has 0 amide bonds. The number of methoxy groups -OCH3 is 1. The monoisotopic (exact) mass is 275 g/mol. The summed E-state index contributed by atoms with van der Waals surface area (Å²) in [5, 5.41) is 3.21. The van der Waals surface area contributed by atoms with E-state index >= 15 is 0 Å². The van der Waals surface area contributed by atoms with Crippen LogP contribution in [0.15, 0.2) is 35.2 Å². The van der Waals surface area contributed by atoms with E-state index < -0.39 is 0 Å². The highest BCUT2D eigenvalue weighted by Gasteiger charge is 2.19. The van der Waals surface area contributed by atoms with E-state index in [1.807, 2.05) is 12.1 Å². The Morgan fingerprint density at radius 1 is 1.28 bits per heavy atom. The van der Waals surface area contributed by atoms with E-state index in [0.717, 1.165) is 15.8 Å². The van der Waals surface area contributed by atoms with Crippen LogP contribution < -0.4 is 0 Å². The molecule has 0 aliphatic carbocycles.